The van der Waals surface area contributed by atoms with Gasteiger partial charge < -0.3 is 24.8 Å². The molecule has 1 aromatic carbocycles. The molecular weight excluding hydrogens is 593 g/mol. The highest BCUT2D eigenvalue weighted by Gasteiger charge is 2.56. The topological polar surface area (TPSA) is 77.7 Å². The molecule has 4 fully saturated rings. The van der Waals surface area contributed by atoms with Crippen LogP contribution in [0.1, 0.15) is 94.4 Å². The number of hydrogen-bond donors (Lipinski definition) is 2. The van der Waals surface area contributed by atoms with E-state index in [0.29, 0.717) is 31.2 Å². The van der Waals surface area contributed by atoms with E-state index in [1.165, 1.54) is 64.2 Å². The lowest BCUT2D eigenvalue weighted by Crippen LogP contribution is -2.53. The average molecular weight is 647 g/mol. The van der Waals surface area contributed by atoms with Crippen molar-refractivity contribution in [2.45, 2.75) is 127 Å². The number of fused-ring (bicyclic) bond motifs is 3. The van der Waals surface area contributed by atoms with Crippen molar-refractivity contribution in [1.82, 2.24) is 20.1 Å². The molecule has 0 radical (unpaired) electrons. The van der Waals surface area contributed by atoms with Gasteiger partial charge in [0, 0.05) is 67.3 Å². The number of rotatable bonds is 8. The number of carbonyl (C=O) groups is 2. The zero-order valence-corrected chi connectivity index (χ0v) is 29.5. The van der Waals surface area contributed by atoms with Crippen LogP contribution < -0.4 is 5.32 Å². The number of hydrogen-bond acceptors (Lipinski definition) is 5. The number of thioether (sulfide) groups is 1. The number of amides is 2. The Hall–Kier alpha value is -2.29. The minimum atomic E-state index is -0.461. The Bertz CT molecular complexity index is 1430. The maximum absolute atomic E-state index is 14.2. The van der Waals surface area contributed by atoms with E-state index < -0.39 is 5.41 Å². The number of nitrogens with one attached hydrogen (secondary N) is 2. The Morgan fingerprint density at radius 1 is 0.978 bits per heavy atom. The summed E-state index contributed by atoms with van der Waals surface area (Å²) in [6, 6.07) is 8.05. The van der Waals surface area contributed by atoms with Crippen LogP contribution in [0.4, 0.5) is 0 Å². The van der Waals surface area contributed by atoms with Crippen LogP contribution in [0.5, 0.6) is 0 Å². The molecule has 6 heterocycles. The lowest BCUT2D eigenvalue weighted by Gasteiger charge is -2.43. The molecule has 2 amide bonds. The van der Waals surface area contributed by atoms with Gasteiger partial charge in [-0.25, -0.2) is 0 Å². The van der Waals surface area contributed by atoms with E-state index in [2.05, 4.69) is 72.9 Å². The van der Waals surface area contributed by atoms with Crippen molar-refractivity contribution in [3.05, 3.63) is 40.5 Å². The largest absolute Gasteiger partial charge is 0.381 e. The molecule has 5 aliphatic heterocycles. The third kappa shape index (κ3) is 5.96. The summed E-state index contributed by atoms with van der Waals surface area (Å²) in [6.07, 6.45) is 10.3. The van der Waals surface area contributed by atoms with E-state index >= 15 is 0 Å². The van der Waals surface area contributed by atoms with Crippen molar-refractivity contribution < 1.29 is 14.3 Å². The van der Waals surface area contributed by atoms with Crippen molar-refractivity contribution in [2.75, 3.05) is 32.8 Å². The summed E-state index contributed by atoms with van der Waals surface area (Å²) in [5, 5.41) is 4.61. The average Bonchev–Trinajstić information content (AvgIpc) is 3.80. The predicted molar refractivity (Wildman–Crippen MR) is 185 cm³/mol. The summed E-state index contributed by atoms with van der Waals surface area (Å²) in [4.78, 5) is 35.8. The SMILES string of the molecule is Cc1cc(C)cc(-c2[nH]c3c(c2CCN2CCC(NC(=O)C4CCOCC4)CC2)CC(C)(C(C)(C)C(=O)N2C4CCC2CC4)S3)c1. The van der Waals surface area contributed by atoms with E-state index in [0.717, 1.165) is 58.2 Å². The van der Waals surface area contributed by atoms with Crippen molar-refractivity contribution in [1.29, 1.82) is 0 Å². The zero-order valence-electron chi connectivity index (χ0n) is 28.7. The van der Waals surface area contributed by atoms with Gasteiger partial charge in [-0.15, -0.1) is 11.8 Å². The summed E-state index contributed by atoms with van der Waals surface area (Å²) in [7, 11) is 0. The number of carbonyl (C=O) groups excluding carboxylic acids is 2. The molecule has 0 saturated carbocycles. The van der Waals surface area contributed by atoms with Crippen molar-refractivity contribution in [2.24, 2.45) is 11.3 Å². The van der Waals surface area contributed by atoms with Crippen LogP contribution in [0.15, 0.2) is 23.2 Å². The Morgan fingerprint density at radius 2 is 1.61 bits per heavy atom. The van der Waals surface area contributed by atoms with Crippen molar-refractivity contribution >= 4 is 23.6 Å². The number of piperidine rings is 1. The molecule has 0 spiro atoms. The second-order valence-corrected chi connectivity index (χ2v) is 17.2. The maximum Gasteiger partial charge on any atom is 0.230 e. The number of aromatic nitrogens is 1. The normalized spacial score (nSPS) is 27.4. The van der Waals surface area contributed by atoms with Crippen LogP contribution in [0.3, 0.4) is 0 Å². The van der Waals surface area contributed by atoms with Crippen molar-refractivity contribution in [3.8, 4) is 11.3 Å². The number of nitrogens with zero attached hydrogens (tertiary/aromatic N) is 2. The molecule has 2 bridgehead atoms. The summed E-state index contributed by atoms with van der Waals surface area (Å²) in [5.74, 6) is 0.697. The fraction of sp³-hybridized carbons (Fsp3) is 0.684. The summed E-state index contributed by atoms with van der Waals surface area (Å²) in [5.41, 5.74) is 7.47. The fourth-order valence-electron chi connectivity index (χ4n) is 9.06. The van der Waals surface area contributed by atoms with E-state index in [4.69, 9.17) is 4.74 Å². The number of likely N-dealkylation sites (tertiary alicyclic amines) is 1. The minimum Gasteiger partial charge on any atom is -0.381 e. The van der Waals surface area contributed by atoms with Crippen LogP contribution in [0.2, 0.25) is 0 Å². The highest BCUT2D eigenvalue weighted by atomic mass is 32.2. The van der Waals surface area contributed by atoms with Gasteiger partial charge in [-0.2, -0.15) is 0 Å². The lowest BCUT2D eigenvalue weighted by atomic mass is 9.74. The van der Waals surface area contributed by atoms with E-state index in [1.54, 1.807) is 0 Å². The quantitative estimate of drug-likeness (QED) is 0.346. The molecule has 4 saturated heterocycles. The summed E-state index contributed by atoms with van der Waals surface area (Å²) in [6.45, 7) is 15.6. The lowest BCUT2D eigenvalue weighted by molar-refractivity contribution is -0.143. The molecule has 1 unspecified atom stereocenters. The molecule has 46 heavy (non-hydrogen) atoms. The molecule has 1 aromatic heterocycles. The molecule has 1 atom stereocenters. The minimum absolute atomic E-state index is 0.112. The predicted octanol–water partition coefficient (Wildman–Crippen LogP) is 6.43. The third-order valence-electron chi connectivity index (χ3n) is 12.3. The van der Waals surface area contributed by atoms with Crippen LogP contribution >= 0.6 is 11.8 Å². The zero-order chi connectivity index (χ0) is 32.2. The summed E-state index contributed by atoms with van der Waals surface area (Å²) >= 11 is 1.91. The van der Waals surface area contributed by atoms with Crippen LogP contribution in [0.25, 0.3) is 11.3 Å². The van der Waals surface area contributed by atoms with Gasteiger partial charge in [-0.3, -0.25) is 9.59 Å². The first-order valence-electron chi connectivity index (χ1n) is 18.0. The second kappa shape index (κ2) is 12.6. The third-order valence-corrected chi connectivity index (χ3v) is 13.9. The standard InChI is InChI=1S/C38H54N4O3S/c1-24-20-25(2)22-27(21-24)33-31(12-17-41-15-10-28(11-16-41)39-34(43)26-13-18-45-19-14-26)32-23-38(5,46-35(32)40-33)37(3,4)36(44)42-29-6-7-30(42)9-8-29/h20-22,26,28-30,40H,6-19,23H2,1-5H3,(H,39,43). The van der Waals surface area contributed by atoms with E-state index in [1.807, 2.05) is 11.8 Å². The van der Waals surface area contributed by atoms with E-state index in [-0.39, 0.29) is 22.6 Å². The van der Waals surface area contributed by atoms with Gasteiger partial charge in [-0.05, 0) is 128 Å². The molecule has 5 aliphatic rings. The molecule has 8 heteroatoms. The molecule has 2 aromatic rings. The number of aromatic amines is 1. The van der Waals surface area contributed by atoms with Gasteiger partial charge >= 0.3 is 0 Å². The van der Waals surface area contributed by atoms with Gasteiger partial charge in [0.05, 0.1) is 10.4 Å². The van der Waals surface area contributed by atoms with Gasteiger partial charge in [0.25, 0.3) is 0 Å². The number of H-pyrrole nitrogens is 1. The Labute approximate surface area is 280 Å². The molecule has 0 aliphatic carbocycles. The van der Waals surface area contributed by atoms with Gasteiger partial charge in [-0.1, -0.05) is 17.2 Å². The molecule has 7 rings (SSSR count). The number of ether oxygens (including phenoxy) is 1. The summed E-state index contributed by atoms with van der Waals surface area (Å²) < 4.78 is 5.25. The Morgan fingerprint density at radius 3 is 2.24 bits per heavy atom. The highest BCUT2D eigenvalue weighted by Crippen LogP contribution is 2.57. The van der Waals surface area contributed by atoms with Crippen LogP contribution in [-0.2, 0) is 27.2 Å². The Balaban J connectivity index is 1.07. The van der Waals surface area contributed by atoms with E-state index in [9.17, 15) is 9.59 Å². The maximum atomic E-state index is 14.2. The first-order chi connectivity index (χ1) is 22.0. The number of benzene rings is 1. The van der Waals surface area contributed by atoms with Crippen LogP contribution in [-0.4, -0.2) is 82.3 Å². The van der Waals surface area contributed by atoms with Crippen LogP contribution in [0, 0.1) is 25.2 Å². The molecular formula is C38H54N4O3S. The molecule has 2 N–H and O–H groups in total. The number of aryl methyl sites for hydroxylation is 2. The van der Waals surface area contributed by atoms with Crippen molar-refractivity contribution in [3.63, 3.8) is 0 Å². The monoisotopic (exact) mass is 646 g/mol. The second-order valence-electron chi connectivity index (χ2n) is 15.7. The Kier molecular flexibility index (Phi) is 8.86. The first kappa shape index (κ1) is 32.3. The van der Waals surface area contributed by atoms with Gasteiger partial charge in [0.15, 0.2) is 0 Å². The van der Waals surface area contributed by atoms with Gasteiger partial charge in [0.1, 0.15) is 0 Å². The van der Waals surface area contributed by atoms with Gasteiger partial charge in [0.2, 0.25) is 11.8 Å². The highest BCUT2D eigenvalue weighted by molar-refractivity contribution is 8.01. The fourth-order valence-corrected chi connectivity index (χ4v) is 10.5. The molecule has 7 nitrogen and oxygen atoms in total. The smallest absolute Gasteiger partial charge is 0.230 e. The molecule has 250 valence electrons. The first-order valence-corrected chi connectivity index (χ1v) is 18.8.